The van der Waals surface area contributed by atoms with Crippen molar-refractivity contribution in [2.24, 2.45) is 0 Å². The van der Waals surface area contributed by atoms with Gasteiger partial charge in [0.25, 0.3) is 0 Å². The van der Waals surface area contributed by atoms with Gasteiger partial charge in [0.15, 0.2) is 0 Å². The molecule has 0 saturated carbocycles. The van der Waals surface area contributed by atoms with Crippen LogP contribution in [-0.4, -0.2) is 25.5 Å². The first-order valence-electron chi connectivity index (χ1n) is 5.54. The van der Waals surface area contributed by atoms with E-state index in [1.165, 1.54) is 0 Å². The number of hydrogen-bond donors (Lipinski definition) is 1. The minimum atomic E-state index is 0.162. The first-order chi connectivity index (χ1) is 7.77. The average molecular weight is 239 g/mol. The maximum Gasteiger partial charge on any atom is 0.228 e. The van der Waals surface area contributed by atoms with Gasteiger partial charge in [0.1, 0.15) is 0 Å². The number of halogens is 1. The number of nitrogens with zero attached hydrogens (tertiary/aromatic N) is 1. The maximum atomic E-state index is 11.9. The number of benzene rings is 1. The largest absolute Gasteiger partial charge is 0.316 e. The van der Waals surface area contributed by atoms with Gasteiger partial charge < -0.3 is 10.2 Å². The van der Waals surface area contributed by atoms with Crippen LogP contribution in [0.4, 0.5) is 5.69 Å². The van der Waals surface area contributed by atoms with Crippen LogP contribution in [0, 0.1) is 0 Å². The molecule has 0 aromatic heterocycles. The second kappa shape index (κ2) is 5.32. The van der Waals surface area contributed by atoms with Gasteiger partial charge in [-0.05, 0) is 31.2 Å². The van der Waals surface area contributed by atoms with Gasteiger partial charge in [-0.15, -0.1) is 0 Å². The van der Waals surface area contributed by atoms with Crippen LogP contribution in [0.25, 0.3) is 0 Å². The van der Waals surface area contributed by atoms with Crippen molar-refractivity contribution in [1.29, 1.82) is 0 Å². The Morgan fingerprint density at radius 1 is 1.31 bits per heavy atom. The average Bonchev–Trinajstić information content (AvgIpc) is 2.24. The van der Waals surface area contributed by atoms with Crippen LogP contribution < -0.4 is 10.2 Å². The Morgan fingerprint density at radius 2 is 2.19 bits per heavy atom. The van der Waals surface area contributed by atoms with Crippen molar-refractivity contribution in [3.05, 3.63) is 29.3 Å². The number of carbonyl (C=O) groups excluding carboxylic acids is 1. The van der Waals surface area contributed by atoms with E-state index in [0.29, 0.717) is 11.4 Å². The van der Waals surface area contributed by atoms with E-state index in [4.69, 9.17) is 11.6 Å². The number of amides is 1. The van der Waals surface area contributed by atoms with E-state index in [-0.39, 0.29) is 5.91 Å². The lowest BCUT2D eigenvalue weighted by atomic mass is 10.2. The third kappa shape index (κ3) is 2.74. The van der Waals surface area contributed by atoms with Gasteiger partial charge in [-0.2, -0.15) is 0 Å². The first-order valence-corrected chi connectivity index (χ1v) is 5.92. The molecule has 0 aliphatic carbocycles. The molecule has 1 amide bonds. The van der Waals surface area contributed by atoms with Gasteiger partial charge in [0, 0.05) is 30.2 Å². The van der Waals surface area contributed by atoms with Gasteiger partial charge in [0.2, 0.25) is 5.91 Å². The summed E-state index contributed by atoms with van der Waals surface area (Å²) in [6.07, 6.45) is 1.52. The summed E-state index contributed by atoms with van der Waals surface area (Å²) in [5.41, 5.74) is 0.902. The zero-order chi connectivity index (χ0) is 11.4. The molecule has 4 heteroatoms. The molecule has 1 aliphatic heterocycles. The Morgan fingerprint density at radius 3 is 3.00 bits per heavy atom. The summed E-state index contributed by atoms with van der Waals surface area (Å²) in [7, 11) is 0. The molecule has 0 unspecified atom stereocenters. The Kier molecular flexibility index (Phi) is 3.80. The molecule has 16 heavy (non-hydrogen) atoms. The molecule has 86 valence electrons. The van der Waals surface area contributed by atoms with Crippen molar-refractivity contribution in [2.45, 2.75) is 12.8 Å². The van der Waals surface area contributed by atoms with E-state index in [0.717, 1.165) is 31.7 Å². The van der Waals surface area contributed by atoms with Crippen molar-refractivity contribution in [1.82, 2.24) is 5.32 Å². The van der Waals surface area contributed by atoms with E-state index in [2.05, 4.69) is 5.32 Å². The fraction of sp³-hybridized carbons (Fsp3) is 0.417. The molecule has 1 aromatic carbocycles. The minimum Gasteiger partial charge on any atom is -0.316 e. The fourth-order valence-corrected chi connectivity index (χ4v) is 2.04. The fourth-order valence-electron chi connectivity index (χ4n) is 1.86. The summed E-state index contributed by atoms with van der Waals surface area (Å²) in [5.74, 6) is 0.162. The van der Waals surface area contributed by atoms with E-state index in [1.54, 1.807) is 0 Å². The second-order valence-corrected chi connectivity index (χ2v) is 4.32. The van der Waals surface area contributed by atoms with Crippen LogP contribution in [0.15, 0.2) is 24.3 Å². The van der Waals surface area contributed by atoms with Gasteiger partial charge in [-0.25, -0.2) is 0 Å². The molecular formula is C12H15ClN2O. The van der Waals surface area contributed by atoms with Crippen molar-refractivity contribution in [2.75, 3.05) is 24.5 Å². The summed E-state index contributed by atoms with van der Waals surface area (Å²) in [6.45, 7) is 2.48. The highest BCUT2D eigenvalue weighted by Gasteiger charge is 2.16. The third-order valence-electron chi connectivity index (χ3n) is 2.67. The highest BCUT2D eigenvalue weighted by Crippen LogP contribution is 2.20. The van der Waals surface area contributed by atoms with E-state index in [9.17, 15) is 4.79 Å². The van der Waals surface area contributed by atoms with Crippen LogP contribution in [-0.2, 0) is 4.79 Å². The molecule has 0 atom stereocenters. The van der Waals surface area contributed by atoms with Gasteiger partial charge in [-0.1, -0.05) is 17.7 Å². The van der Waals surface area contributed by atoms with Crippen LogP contribution >= 0.6 is 11.6 Å². The molecule has 0 radical (unpaired) electrons. The minimum absolute atomic E-state index is 0.162. The molecule has 1 heterocycles. The van der Waals surface area contributed by atoms with Gasteiger partial charge in [0.05, 0.1) is 0 Å². The summed E-state index contributed by atoms with van der Waals surface area (Å²) in [5, 5.41) is 3.90. The highest BCUT2D eigenvalue weighted by molar-refractivity contribution is 6.30. The predicted octanol–water partition coefficient (Wildman–Crippen LogP) is 2.06. The molecule has 0 bridgehead atoms. The Balaban J connectivity index is 2.19. The van der Waals surface area contributed by atoms with E-state index in [1.807, 2.05) is 29.2 Å². The summed E-state index contributed by atoms with van der Waals surface area (Å²) in [4.78, 5) is 13.7. The summed E-state index contributed by atoms with van der Waals surface area (Å²) < 4.78 is 0. The molecule has 0 spiro atoms. The van der Waals surface area contributed by atoms with Crippen LogP contribution in [0.3, 0.4) is 0 Å². The summed E-state index contributed by atoms with van der Waals surface area (Å²) in [6, 6.07) is 7.47. The Bertz CT molecular complexity index is 381. The van der Waals surface area contributed by atoms with Crippen LogP contribution in [0.1, 0.15) is 12.8 Å². The second-order valence-electron chi connectivity index (χ2n) is 3.88. The molecule has 1 aliphatic rings. The van der Waals surface area contributed by atoms with Crippen molar-refractivity contribution >= 4 is 23.2 Å². The van der Waals surface area contributed by atoms with Crippen molar-refractivity contribution in [3.8, 4) is 0 Å². The molecule has 1 saturated heterocycles. The zero-order valence-electron chi connectivity index (χ0n) is 9.08. The lowest BCUT2D eigenvalue weighted by molar-refractivity contribution is -0.118. The molecule has 1 aromatic rings. The predicted molar refractivity (Wildman–Crippen MR) is 65.9 cm³/mol. The van der Waals surface area contributed by atoms with Crippen LogP contribution in [0.2, 0.25) is 5.02 Å². The van der Waals surface area contributed by atoms with Crippen molar-refractivity contribution < 1.29 is 4.79 Å². The lowest BCUT2D eigenvalue weighted by Gasteiger charge is -2.25. The monoisotopic (exact) mass is 238 g/mol. The van der Waals surface area contributed by atoms with Gasteiger partial charge in [-0.3, -0.25) is 4.79 Å². The van der Waals surface area contributed by atoms with Gasteiger partial charge >= 0.3 is 0 Å². The number of anilines is 1. The Hall–Kier alpha value is -1.06. The zero-order valence-corrected chi connectivity index (χ0v) is 9.83. The molecule has 1 N–H and O–H groups in total. The Labute approximate surface area is 100 Å². The normalized spacial score (nSPS) is 18.1. The summed E-state index contributed by atoms with van der Waals surface area (Å²) >= 11 is 5.93. The number of rotatable bonds is 1. The topological polar surface area (TPSA) is 32.3 Å². The molecule has 1 fully saturated rings. The maximum absolute atomic E-state index is 11.9. The third-order valence-corrected chi connectivity index (χ3v) is 2.91. The van der Waals surface area contributed by atoms with E-state index >= 15 is 0 Å². The number of nitrogens with one attached hydrogen (secondary N) is 1. The van der Waals surface area contributed by atoms with Crippen molar-refractivity contribution in [3.63, 3.8) is 0 Å². The first kappa shape index (κ1) is 11.4. The smallest absolute Gasteiger partial charge is 0.228 e. The molecule has 2 rings (SSSR count). The quantitative estimate of drug-likeness (QED) is 0.812. The highest BCUT2D eigenvalue weighted by atomic mass is 35.5. The number of carbonyl (C=O) groups is 1. The molecular weight excluding hydrogens is 224 g/mol. The van der Waals surface area contributed by atoms with Crippen LogP contribution in [0.5, 0.6) is 0 Å². The lowest BCUT2D eigenvalue weighted by Crippen LogP contribution is -2.38. The number of hydrogen-bond acceptors (Lipinski definition) is 2. The standard InChI is InChI=1S/C12H15ClN2O/c13-10-3-1-4-11(9-10)15-8-2-6-14-7-5-12(15)16/h1,3-4,9,14H,2,5-8H2. The SMILES string of the molecule is O=C1CCNCCCN1c1cccc(Cl)c1. The molecule has 3 nitrogen and oxygen atoms in total. The van der Waals surface area contributed by atoms with E-state index < -0.39 is 0 Å².